The van der Waals surface area contributed by atoms with Crippen LogP contribution in [0.5, 0.6) is 0 Å². The number of rotatable bonds is 1. The third-order valence-corrected chi connectivity index (χ3v) is 4.83. The van der Waals surface area contributed by atoms with E-state index in [9.17, 15) is 4.39 Å². The summed E-state index contributed by atoms with van der Waals surface area (Å²) in [5, 5.41) is 3.80. The molecule has 0 saturated carbocycles. The smallest absolute Gasteiger partial charge is 0.125 e. The van der Waals surface area contributed by atoms with E-state index in [2.05, 4.69) is 19.2 Å². The van der Waals surface area contributed by atoms with Crippen LogP contribution in [0.15, 0.2) is 12.1 Å². The molecule has 0 fully saturated rings. The van der Waals surface area contributed by atoms with Crippen LogP contribution in [0.3, 0.4) is 0 Å². The number of halogens is 2. The van der Waals surface area contributed by atoms with E-state index in [1.165, 1.54) is 6.07 Å². The maximum Gasteiger partial charge on any atom is 0.125 e. The Balaban J connectivity index is 2.57. The fourth-order valence-corrected chi connectivity index (χ4v) is 3.86. The summed E-state index contributed by atoms with van der Waals surface area (Å²) in [5.74, 6) is 0.589. The summed E-state index contributed by atoms with van der Waals surface area (Å²) in [6.45, 7) is 4.33. The summed E-state index contributed by atoms with van der Waals surface area (Å²) in [5.41, 5.74) is 2.06. The average molecular weight is 260 g/mol. The van der Waals surface area contributed by atoms with E-state index in [-0.39, 0.29) is 16.6 Å². The van der Waals surface area contributed by atoms with Gasteiger partial charge in [0.05, 0.1) is 0 Å². The molecule has 1 atom stereocenters. The zero-order valence-electron chi connectivity index (χ0n) is 9.60. The largest absolute Gasteiger partial charge is 0.312 e. The molecule has 0 aromatic heterocycles. The molecule has 1 N–H and O–H groups in total. The molecular formula is C12H15ClFNS. The van der Waals surface area contributed by atoms with Crippen molar-refractivity contribution in [3.05, 3.63) is 34.1 Å². The van der Waals surface area contributed by atoms with Crippen LogP contribution in [-0.2, 0) is 5.75 Å². The van der Waals surface area contributed by atoms with Gasteiger partial charge < -0.3 is 5.32 Å². The Kier molecular flexibility index (Phi) is 3.21. The Labute approximate surface area is 105 Å². The minimum absolute atomic E-state index is 0.0544. The number of hydrogen-bond acceptors (Lipinski definition) is 2. The van der Waals surface area contributed by atoms with Crippen LogP contribution in [0.4, 0.5) is 4.39 Å². The van der Waals surface area contributed by atoms with E-state index in [1.807, 2.05) is 18.8 Å². The fourth-order valence-electron chi connectivity index (χ4n) is 2.25. The summed E-state index contributed by atoms with van der Waals surface area (Å²) in [6, 6.07) is 3.13. The van der Waals surface area contributed by atoms with Crippen LogP contribution in [0.2, 0.25) is 5.02 Å². The Morgan fingerprint density at radius 2 is 2.19 bits per heavy atom. The lowest BCUT2D eigenvalue weighted by molar-refractivity contribution is 0.471. The van der Waals surface area contributed by atoms with E-state index in [4.69, 9.17) is 11.6 Å². The zero-order chi connectivity index (χ0) is 11.9. The SMILES string of the molecule is CNC1c2cc(F)cc(Cl)c2CSC1(C)C. The van der Waals surface area contributed by atoms with Crippen molar-refractivity contribution in [1.82, 2.24) is 5.32 Å². The Bertz CT molecular complexity index is 420. The quantitative estimate of drug-likeness (QED) is 0.824. The highest BCUT2D eigenvalue weighted by Gasteiger charge is 2.36. The molecule has 0 aliphatic carbocycles. The summed E-state index contributed by atoms with van der Waals surface area (Å²) in [7, 11) is 1.90. The van der Waals surface area contributed by atoms with Gasteiger partial charge in [0.15, 0.2) is 0 Å². The van der Waals surface area contributed by atoms with Crippen molar-refractivity contribution in [3.8, 4) is 0 Å². The first-order chi connectivity index (χ1) is 7.45. The molecule has 0 bridgehead atoms. The van der Waals surface area contributed by atoms with Crippen molar-refractivity contribution < 1.29 is 4.39 Å². The van der Waals surface area contributed by atoms with Crippen molar-refractivity contribution in [3.63, 3.8) is 0 Å². The second-order valence-corrected chi connectivity index (χ2v) is 6.61. The van der Waals surface area contributed by atoms with E-state index in [1.54, 1.807) is 6.07 Å². The topological polar surface area (TPSA) is 12.0 Å². The molecule has 1 unspecified atom stereocenters. The molecule has 1 nitrogen and oxygen atoms in total. The lowest BCUT2D eigenvalue weighted by Gasteiger charge is -2.39. The maximum absolute atomic E-state index is 13.4. The highest BCUT2D eigenvalue weighted by molar-refractivity contribution is 8.00. The Morgan fingerprint density at radius 3 is 2.81 bits per heavy atom. The second kappa shape index (κ2) is 4.21. The summed E-state index contributed by atoms with van der Waals surface area (Å²) < 4.78 is 13.5. The predicted octanol–water partition coefficient (Wildman–Crippen LogP) is 3.77. The Hall–Kier alpha value is -0.250. The van der Waals surface area contributed by atoms with Gasteiger partial charge in [0.1, 0.15) is 5.82 Å². The van der Waals surface area contributed by atoms with E-state index in [0.29, 0.717) is 5.02 Å². The zero-order valence-corrected chi connectivity index (χ0v) is 11.2. The van der Waals surface area contributed by atoms with Gasteiger partial charge in [0, 0.05) is 21.6 Å². The van der Waals surface area contributed by atoms with Gasteiger partial charge in [0.2, 0.25) is 0 Å². The average Bonchev–Trinajstić information content (AvgIpc) is 2.15. The molecule has 1 heterocycles. The molecule has 0 spiro atoms. The first-order valence-electron chi connectivity index (χ1n) is 5.25. The van der Waals surface area contributed by atoms with Gasteiger partial charge in [-0.15, -0.1) is 11.8 Å². The number of hydrogen-bond donors (Lipinski definition) is 1. The molecule has 0 amide bonds. The number of nitrogens with one attached hydrogen (secondary N) is 1. The third-order valence-electron chi connectivity index (χ3n) is 3.08. The first kappa shape index (κ1) is 12.2. The molecule has 0 saturated heterocycles. The molecule has 1 aliphatic rings. The van der Waals surface area contributed by atoms with Crippen molar-refractivity contribution in [2.75, 3.05) is 7.05 Å². The summed E-state index contributed by atoms with van der Waals surface area (Å²) >= 11 is 7.93. The first-order valence-corrected chi connectivity index (χ1v) is 6.61. The number of fused-ring (bicyclic) bond motifs is 1. The number of thioether (sulfide) groups is 1. The third kappa shape index (κ3) is 1.96. The van der Waals surface area contributed by atoms with Crippen molar-refractivity contribution in [1.29, 1.82) is 0 Å². The van der Waals surface area contributed by atoms with Crippen LogP contribution in [0.1, 0.15) is 31.0 Å². The van der Waals surface area contributed by atoms with Gasteiger partial charge in [0.25, 0.3) is 0 Å². The van der Waals surface area contributed by atoms with Crippen LogP contribution in [0, 0.1) is 5.82 Å². The van der Waals surface area contributed by atoms with Gasteiger partial charge >= 0.3 is 0 Å². The molecule has 16 heavy (non-hydrogen) atoms. The van der Waals surface area contributed by atoms with Crippen LogP contribution in [-0.4, -0.2) is 11.8 Å². The Morgan fingerprint density at radius 1 is 1.50 bits per heavy atom. The highest BCUT2D eigenvalue weighted by atomic mass is 35.5. The molecule has 88 valence electrons. The van der Waals surface area contributed by atoms with Gasteiger partial charge in [-0.1, -0.05) is 11.6 Å². The van der Waals surface area contributed by atoms with Crippen molar-refractivity contribution >= 4 is 23.4 Å². The van der Waals surface area contributed by atoms with Gasteiger partial charge in [-0.25, -0.2) is 4.39 Å². The lowest BCUT2D eigenvalue weighted by Crippen LogP contribution is -2.38. The molecule has 4 heteroatoms. The molecule has 1 aromatic rings. The van der Waals surface area contributed by atoms with Crippen LogP contribution in [0.25, 0.3) is 0 Å². The fraction of sp³-hybridized carbons (Fsp3) is 0.500. The lowest BCUT2D eigenvalue weighted by atomic mass is 9.91. The minimum Gasteiger partial charge on any atom is -0.312 e. The van der Waals surface area contributed by atoms with Gasteiger partial charge in [-0.3, -0.25) is 0 Å². The standard InChI is InChI=1S/C12H15ClFNS/c1-12(2)11(15-3)8-4-7(14)5-10(13)9(8)6-16-12/h4-5,11,15H,6H2,1-3H3. The van der Waals surface area contributed by atoms with Crippen LogP contribution >= 0.6 is 23.4 Å². The number of benzene rings is 1. The highest BCUT2D eigenvalue weighted by Crippen LogP contribution is 2.47. The molecular weight excluding hydrogens is 245 g/mol. The van der Waals surface area contributed by atoms with E-state index >= 15 is 0 Å². The normalized spacial score (nSPS) is 22.9. The van der Waals surface area contributed by atoms with Crippen LogP contribution < -0.4 is 5.32 Å². The molecule has 0 radical (unpaired) electrons. The molecule has 2 rings (SSSR count). The molecule has 1 aromatic carbocycles. The predicted molar refractivity (Wildman–Crippen MR) is 68.6 cm³/mol. The minimum atomic E-state index is -0.258. The van der Waals surface area contributed by atoms with Crippen molar-refractivity contribution in [2.45, 2.75) is 30.4 Å². The second-order valence-electron chi connectivity index (χ2n) is 4.57. The van der Waals surface area contributed by atoms with E-state index in [0.717, 1.165) is 16.9 Å². The maximum atomic E-state index is 13.4. The summed E-state index contributed by atoms with van der Waals surface area (Å²) in [4.78, 5) is 0. The monoisotopic (exact) mass is 259 g/mol. The summed E-state index contributed by atoms with van der Waals surface area (Å²) in [6.07, 6.45) is 0. The van der Waals surface area contributed by atoms with Gasteiger partial charge in [-0.05, 0) is 44.2 Å². The van der Waals surface area contributed by atoms with Gasteiger partial charge in [-0.2, -0.15) is 0 Å². The molecule has 1 aliphatic heterocycles. The van der Waals surface area contributed by atoms with E-state index < -0.39 is 0 Å². The van der Waals surface area contributed by atoms with Crippen molar-refractivity contribution in [2.24, 2.45) is 0 Å².